The smallest absolute Gasteiger partial charge is 0.311 e. The molecule has 2 unspecified atom stereocenters. The van der Waals surface area contributed by atoms with Crippen molar-refractivity contribution in [3.63, 3.8) is 0 Å². The van der Waals surface area contributed by atoms with Gasteiger partial charge in [0.05, 0.1) is 96.3 Å². The molecular formula is C91H169N5O26. The fourth-order valence-electron chi connectivity index (χ4n) is 19.2. The average molecular weight is 1750 g/mol. The Kier molecular flexibility index (Phi) is 46.0. The Labute approximate surface area is 732 Å². The number of methoxy groups -OCH3 is 2. The second-order valence-electron chi connectivity index (χ2n) is 38.1. The third-order valence-corrected chi connectivity index (χ3v) is 26.6. The van der Waals surface area contributed by atoms with Gasteiger partial charge in [0.1, 0.15) is 60.0 Å². The van der Waals surface area contributed by atoms with Gasteiger partial charge < -0.3 is 142 Å². The molecule has 31 heteroatoms. The number of unbranched alkanes of at least 4 members (excludes halogenated alkanes) is 2. The monoisotopic (exact) mass is 1750 g/mol. The van der Waals surface area contributed by atoms with Crippen LogP contribution in [0.3, 0.4) is 0 Å². The molecule has 0 spiro atoms. The van der Waals surface area contributed by atoms with E-state index < -0.39 is 192 Å². The first-order chi connectivity index (χ1) is 56.8. The molecular weight excluding hydrogens is 1580 g/mol. The van der Waals surface area contributed by atoms with Gasteiger partial charge >= 0.3 is 11.9 Å². The second kappa shape index (κ2) is 50.4. The highest BCUT2D eigenvalue weighted by molar-refractivity contribution is 5.73. The summed E-state index contributed by atoms with van der Waals surface area (Å²) in [5.41, 5.74) is -2.69. The molecule has 0 aromatic carbocycles. The summed E-state index contributed by atoms with van der Waals surface area (Å²) in [7, 11) is 14.5. The molecule has 6 aliphatic rings. The molecule has 714 valence electrons. The molecule has 0 amide bonds. The molecule has 0 saturated carbocycles. The van der Waals surface area contributed by atoms with Crippen LogP contribution in [0.25, 0.3) is 0 Å². The first kappa shape index (κ1) is 111. The summed E-state index contributed by atoms with van der Waals surface area (Å²) in [5.74, 6) is -0.0907. The minimum Gasteiger partial charge on any atom is -0.459 e. The molecule has 0 aromatic heterocycles. The van der Waals surface area contributed by atoms with E-state index in [0.29, 0.717) is 78.2 Å². The number of aliphatic hydroxyl groups excluding tert-OH is 5. The lowest BCUT2D eigenvalue weighted by Gasteiger charge is -2.49. The summed E-state index contributed by atoms with van der Waals surface area (Å²) in [6, 6.07) is -1.62. The zero-order valence-electron chi connectivity index (χ0n) is 79.7. The van der Waals surface area contributed by atoms with Gasteiger partial charge in [0.25, 0.3) is 0 Å². The van der Waals surface area contributed by atoms with Crippen LogP contribution in [0.2, 0.25) is 0 Å². The zero-order chi connectivity index (χ0) is 92.7. The van der Waals surface area contributed by atoms with Gasteiger partial charge in [-0.3, -0.25) is 9.59 Å². The highest BCUT2D eigenvalue weighted by atomic mass is 16.7. The number of aliphatic hydroxyl groups is 9. The Hall–Kier alpha value is -3.02. The number of nitrogens with two attached hydrogens (primary N) is 1. The number of ether oxygens (including phenoxy) is 15. The Morgan fingerprint density at radius 2 is 0.885 bits per heavy atom. The lowest BCUT2D eigenvalue weighted by Crippen LogP contribution is -2.61. The Morgan fingerprint density at radius 3 is 1.21 bits per heavy atom. The van der Waals surface area contributed by atoms with E-state index in [4.69, 9.17) is 94.7 Å². The summed E-state index contributed by atoms with van der Waals surface area (Å²) < 4.78 is 95.4. The van der Waals surface area contributed by atoms with E-state index in [9.17, 15) is 50.4 Å². The van der Waals surface area contributed by atoms with Crippen LogP contribution in [0.4, 0.5) is 0 Å². The summed E-state index contributed by atoms with van der Waals surface area (Å²) >= 11 is 0. The Balaban J connectivity index is 0.000000480. The maximum absolute atomic E-state index is 14.4. The normalized spacial score (nSPS) is 43.8. The highest BCUT2D eigenvalue weighted by Gasteiger charge is 2.57. The molecule has 11 N–H and O–H groups in total. The number of cyclic esters (lactones) is 2. The van der Waals surface area contributed by atoms with Gasteiger partial charge in [-0.15, -0.1) is 24.7 Å². The van der Waals surface area contributed by atoms with Crippen LogP contribution in [0.1, 0.15) is 222 Å². The van der Waals surface area contributed by atoms with Crippen molar-refractivity contribution in [1.82, 2.24) is 19.6 Å². The number of carbonyl (C=O) groups is 2. The van der Waals surface area contributed by atoms with Gasteiger partial charge in [0.2, 0.25) is 0 Å². The molecule has 0 aromatic rings. The summed E-state index contributed by atoms with van der Waals surface area (Å²) in [4.78, 5) is 36.5. The maximum atomic E-state index is 14.4. The molecule has 31 nitrogen and oxygen atoms in total. The van der Waals surface area contributed by atoms with Crippen molar-refractivity contribution in [1.29, 1.82) is 0 Å². The molecule has 6 saturated heterocycles. The second-order valence-corrected chi connectivity index (χ2v) is 38.1. The highest BCUT2D eigenvalue weighted by Crippen LogP contribution is 2.45. The molecule has 122 heavy (non-hydrogen) atoms. The third-order valence-electron chi connectivity index (χ3n) is 26.6. The van der Waals surface area contributed by atoms with Crippen molar-refractivity contribution in [3.05, 3.63) is 0 Å². The van der Waals surface area contributed by atoms with E-state index in [0.717, 1.165) is 12.8 Å². The SMILES string of the molecule is C#CCCCO.C#CCCCOCCO[C@H]1[C@H](C)O[C@@H](OC2[C@@H](C)C(=O)O[C@H](CC)[C@@](C)(O)[C@H](O)[C@@H](C)N(C)C[C@H](C)C[C@@](C)(O)[C@H](O[C@@H]3O[C@H](C)C[C@H](N(C)C)[C@H]3O)[C@H]2C)C[C@@]1(C)OC.CC[C@H]1OC(=O)[C@H](C)C(O[C@H]2C[C@@](C)(OC)[C@@H](OCCCN)[C@H](C)O2)[C@H](C)[C@@H](O[C@@H]2O[C@H](C)C[C@H](N(C)C)[C@H]2O)[C@](C)(O)C[C@@H](C)CN(C)[C@H](C)[C@@H](O)[C@]1(C)O. The molecule has 0 bridgehead atoms. The summed E-state index contributed by atoms with van der Waals surface area (Å²) in [6.45, 7) is 39.4. The maximum Gasteiger partial charge on any atom is 0.311 e. The van der Waals surface area contributed by atoms with E-state index in [-0.39, 0.29) is 81.3 Å². The van der Waals surface area contributed by atoms with Gasteiger partial charge in [-0.1, -0.05) is 41.5 Å². The van der Waals surface area contributed by atoms with E-state index >= 15 is 0 Å². The minimum atomic E-state index is -1.81. The van der Waals surface area contributed by atoms with E-state index in [1.165, 1.54) is 13.8 Å². The fourth-order valence-corrected chi connectivity index (χ4v) is 19.2. The molecule has 6 heterocycles. The van der Waals surface area contributed by atoms with Gasteiger partial charge in [-0.05, 0) is 215 Å². The van der Waals surface area contributed by atoms with Gasteiger partial charge in [-0.2, -0.15) is 0 Å². The van der Waals surface area contributed by atoms with Crippen molar-refractivity contribution in [3.8, 4) is 24.7 Å². The predicted molar refractivity (Wildman–Crippen MR) is 464 cm³/mol. The lowest BCUT2D eigenvalue weighted by atomic mass is 9.77. The van der Waals surface area contributed by atoms with Gasteiger partial charge in [0, 0.05) is 109 Å². The topological polar surface area (TPSA) is 394 Å². The quantitative estimate of drug-likeness (QED) is 0.0255. The zero-order valence-corrected chi connectivity index (χ0v) is 79.7. The average Bonchev–Trinajstić information content (AvgIpc) is 1.12. The van der Waals surface area contributed by atoms with Crippen LogP contribution in [-0.4, -0.2) is 367 Å². The van der Waals surface area contributed by atoms with Crippen molar-refractivity contribution >= 4 is 11.9 Å². The number of terminal acetylenes is 2. The summed E-state index contributed by atoms with van der Waals surface area (Å²) in [5, 5.41) is 103. The summed E-state index contributed by atoms with van der Waals surface area (Å²) in [6.07, 6.45) is -0.996. The van der Waals surface area contributed by atoms with Crippen LogP contribution >= 0.6 is 0 Å². The van der Waals surface area contributed by atoms with Crippen molar-refractivity contribution < 1.29 is 127 Å². The van der Waals surface area contributed by atoms with Crippen LogP contribution in [0.15, 0.2) is 0 Å². The lowest BCUT2D eigenvalue weighted by molar-refractivity contribution is -0.321. The molecule has 36 atom stereocenters. The molecule has 6 aliphatic heterocycles. The Bertz CT molecular complexity index is 3090. The number of nitrogens with zero attached hydrogens (tertiary/aromatic N) is 4. The number of hydrogen-bond acceptors (Lipinski definition) is 31. The molecule has 6 fully saturated rings. The van der Waals surface area contributed by atoms with Crippen LogP contribution in [-0.2, 0) is 80.6 Å². The predicted octanol–water partition coefficient (Wildman–Crippen LogP) is 6.02. The number of carbonyl (C=O) groups excluding carboxylic acids is 2. The first-order valence-electron chi connectivity index (χ1n) is 44.9. The van der Waals surface area contributed by atoms with Gasteiger partial charge in [0.15, 0.2) is 25.2 Å². The Morgan fingerprint density at radius 1 is 0.516 bits per heavy atom. The third kappa shape index (κ3) is 30.3. The van der Waals surface area contributed by atoms with Crippen molar-refractivity contribution in [2.75, 3.05) is 109 Å². The molecule has 6 rings (SSSR count). The molecule has 0 radical (unpaired) electrons. The van der Waals surface area contributed by atoms with Crippen LogP contribution in [0, 0.1) is 60.2 Å². The minimum absolute atomic E-state index is 0.138. The largest absolute Gasteiger partial charge is 0.459 e. The van der Waals surface area contributed by atoms with E-state index in [2.05, 4.69) is 11.8 Å². The van der Waals surface area contributed by atoms with Crippen molar-refractivity contribution in [2.24, 2.45) is 41.2 Å². The van der Waals surface area contributed by atoms with Crippen LogP contribution in [0.5, 0.6) is 0 Å². The number of esters is 2. The van der Waals surface area contributed by atoms with Crippen molar-refractivity contribution in [2.45, 2.75) is 403 Å². The number of rotatable bonds is 27. The first-order valence-corrected chi connectivity index (χ1v) is 44.9. The standard InChI is InChI=1S/C45H82N2O13.C41H79N3O12.C5H8O/c1-16-18-19-20-54-21-22-55-40-32(8)57-35(25-44(40,10)53-15)59-37-29(5)39(60-42-36(48)33(46(12)13)23-28(4)56-42)43(9,51)24-27(3)26-47(14)31(7)38(49)45(11,52)34(17-2)58-41(50)30(37)6;1-15-30-41(10,49)34(46)27(6)44(13)22-23(2)20-39(8,48)35(56-38-32(45)29(43(11)12)19-24(3)52-38)25(4)33(26(5)37(47)54-30)55-31-21-40(9,50-14)36(28(7)53-31)51-18-16-17-42;1-2-3-4-5-6/h1,27-40,42,48-49,51-52H,17-26H2,2-15H3;23-36,38,45-46,48-49H,15-22,42H2,1-14H3;1,6H,3-5H2/t27-,28-,29+,30-,31-,32+,33+,34-,35+,36-,37?,38-,39-,40+,42+,43-,44-,45-;23-,24-,25+,26-,27-,28+,29+,30-,31+,32-,33?,34-,35-,36+,38+,39-,40-,41-;/m11./s1. The van der Waals surface area contributed by atoms with E-state index in [1.54, 1.807) is 55.8 Å². The van der Waals surface area contributed by atoms with Crippen LogP contribution < -0.4 is 5.73 Å². The number of likely N-dealkylation sites (N-methyl/N-ethyl adjacent to an activating group) is 4. The number of hydrogen-bond donors (Lipinski definition) is 10. The fraction of sp³-hybridized carbons (Fsp3) is 0.934. The molecule has 0 aliphatic carbocycles. The van der Waals surface area contributed by atoms with E-state index in [1.807, 2.05) is 145 Å². The van der Waals surface area contributed by atoms with Gasteiger partial charge in [-0.25, -0.2) is 0 Å².